The number of fused-ring (bicyclic) bond motifs is 2. The molecule has 4 heterocycles. The number of nitrogens with zero attached hydrogens (tertiary/aromatic N) is 4. The number of nitrogens with one attached hydrogen (secondary N) is 8. The molecule has 2 unspecified atom stereocenters. The van der Waals surface area contributed by atoms with Crippen molar-refractivity contribution >= 4 is 127 Å². The summed E-state index contributed by atoms with van der Waals surface area (Å²) in [7, 11) is 3.57. The van der Waals surface area contributed by atoms with Gasteiger partial charge in [0.1, 0.15) is 23.5 Å². The Morgan fingerprint density at radius 3 is 1.33 bits per heavy atom. The average molecular weight is 1000 g/mol. The Balaban J connectivity index is 0.000000288. The zero-order valence-electron chi connectivity index (χ0n) is 36.2. The molecule has 14 N–H and O–H groups in total. The number of hydrogen-bond acceptors (Lipinski definition) is 20. The normalized spacial score (nSPS) is 15.4. The van der Waals surface area contributed by atoms with Gasteiger partial charge in [-0.15, -0.1) is 0 Å². The van der Waals surface area contributed by atoms with Gasteiger partial charge in [0.15, 0.2) is 11.6 Å². The largest absolute Gasteiger partial charge is 2.00 e. The van der Waals surface area contributed by atoms with E-state index in [2.05, 4.69) is 51.8 Å². The Morgan fingerprint density at radius 1 is 0.672 bits per heavy atom. The van der Waals surface area contributed by atoms with Gasteiger partial charge < -0.3 is 83.2 Å². The topological polar surface area (TPSA) is 411 Å². The minimum absolute atomic E-state index is 0. The van der Waals surface area contributed by atoms with Crippen LogP contribution in [0.25, 0.3) is 0 Å². The summed E-state index contributed by atoms with van der Waals surface area (Å²) in [5, 5.41) is 56.7. The molecule has 27 heteroatoms. The number of carbonyl (C=O) groups is 6. The third kappa shape index (κ3) is 14.4. The molecule has 0 aliphatic carbocycles. The average Bonchev–Trinajstić information content (AvgIpc) is 3.25. The first-order valence-electron chi connectivity index (χ1n) is 20.2. The molecule has 0 bridgehead atoms. The van der Waals surface area contributed by atoms with Crippen molar-refractivity contribution in [2.24, 2.45) is 0 Å². The van der Waals surface area contributed by atoms with E-state index >= 15 is 0 Å². The van der Waals surface area contributed by atoms with Gasteiger partial charge in [0, 0.05) is 74.7 Å². The first-order chi connectivity index (χ1) is 31.3. The van der Waals surface area contributed by atoms with Crippen LogP contribution in [0.15, 0.2) is 58.1 Å². The molecule has 6 rings (SSSR count). The number of amides is 2. The van der Waals surface area contributed by atoms with E-state index < -0.39 is 60.6 Å². The van der Waals surface area contributed by atoms with Gasteiger partial charge in [0.25, 0.3) is 22.9 Å². The number of anilines is 8. The molecular formula is C40H48N14O12Sr. The second kappa shape index (κ2) is 23.9. The van der Waals surface area contributed by atoms with Gasteiger partial charge in [-0.1, -0.05) is 0 Å². The predicted octanol–water partition coefficient (Wildman–Crippen LogP) is -3.57. The van der Waals surface area contributed by atoms with E-state index in [0.717, 1.165) is 0 Å². The summed E-state index contributed by atoms with van der Waals surface area (Å²) in [4.78, 5) is 109. The van der Waals surface area contributed by atoms with Crippen LogP contribution >= 0.6 is 0 Å². The van der Waals surface area contributed by atoms with Gasteiger partial charge in [-0.05, 0) is 74.2 Å². The van der Waals surface area contributed by atoms with Gasteiger partial charge >= 0.3 is 57.4 Å². The molecule has 352 valence electrons. The van der Waals surface area contributed by atoms with Crippen LogP contribution in [0, 0.1) is 0 Å². The number of hydrogen-bond donors (Lipinski definition) is 12. The van der Waals surface area contributed by atoms with Crippen molar-refractivity contribution in [1.82, 2.24) is 30.6 Å². The maximum atomic E-state index is 12.3. The van der Waals surface area contributed by atoms with Crippen LogP contribution in [0.3, 0.4) is 0 Å². The van der Waals surface area contributed by atoms with Gasteiger partial charge in [-0.25, -0.2) is 9.59 Å². The fourth-order valence-electron chi connectivity index (χ4n) is 6.83. The first-order valence-corrected chi connectivity index (χ1v) is 20.2. The van der Waals surface area contributed by atoms with E-state index in [1.165, 1.54) is 24.3 Å². The number of rotatable bonds is 18. The molecule has 2 aromatic carbocycles. The summed E-state index contributed by atoms with van der Waals surface area (Å²) in [6.45, 7) is 2.00. The summed E-state index contributed by atoms with van der Waals surface area (Å²) in [5.74, 6) is -5.79. The molecule has 0 fully saturated rings. The summed E-state index contributed by atoms with van der Waals surface area (Å²) >= 11 is 0. The van der Waals surface area contributed by atoms with Gasteiger partial charge in [-0.3, -0.25) is 29.1 Å². The molecule has 2 aromatic heterocycles. The Labute approximate surface area is 417 Å². The number of aromatic amines is 2. The molecule has 4 atom stereocenters. The third-order valence-electron chi connectivity index (χ3n) is 10.5. The van der Waals surface area contributed by atoms with Crippen LogP contribution in [0.5, 0.6) is 0 Å². The Morgan fingerprint density at radius 2 is 1.01 bits per heavy atom. The molecule has 2 aliphatic rings. The molecule has 0 spiro atoms. The quantitative estimate of drug-likeness (QED) is 0.0429. The van der Waals surface area contributed by atoms with Crippen LogP contribution in [0.4, 0.5) is 46.3 Å². The number of likely N-dealkylation sites (N-methyl/N-ethyl adjacent to an activating group) is 2. The van der Waals surface area contributed by atoms with Gasteiger partial charge in [0.2, 0.25) is 11.9 Å². The van der Waals surface area contributed by atoms with E-state index in [4.69, 9.17) is 21.7 Å². The van der Waals surface area contributed by atoms with E-state index in [1.807, 2.05) is 9.80 Å². The Bertz CT molecular complexity index is 2380. The molecule has 0 saturated carbocycles. The van der Waals surface area contributed by atoms with E-state index in [-0.39, 0.29) is 105 Å². The second-order valence-electron chi connectivity index (χ2n) is 15.1. The zero-order valence-corrected chi connectivity index (χ0v) is 39.7. The van der Waals surface area contributed by atoms with Crippen molar-refractivity contribution in [3.05, 3.63) is 80.4 Å². The summed E-state index contributed by atoms with van der Waals surface area (Å²) in [5.41, 5.74) is 13.1. The summed E-state index contributed by atoms with van der Waals surface area (Å²) in [6.07, 6.45) is -1.52. The van der Waals surface area contributed by atoms with Crippen molar-refractivity contribution in [3.63, 3.8) is 0 Å². The predicted molar refractivity (Wildman–Crippen MR) is 242 cm³/mol. The van der Waals surface area contributed by atoms with E-state index in [9.17, 15) is 48.6 Å². The fourth-order valence-corrected chi connectivity index (χ4v) is 6.83. The van der Waals surface area contributed by atoms with Crippen molar-refractivity contribution in [3.8, 4) is 0 Å². The number of nitrogens with two attached hydrogens (primary N) is 2. The van der Waals surface area contributed by atoms with Crippen LogP contribution in [-0.4, -0.2) is 176 Å². The first kappa shape index (κ1) is 52.5. The number of aliphatic carboxylic acids is 4. The number of carbonyl (C=O) groups excluding carboxylic acids is 4. The molecule has 67 heavy (non-hydrogen) atoms. The van der Waals surface area contributed by atoms with E-state index in [1.54, 1.807) is 38.4 Å². The number of carboxylic acids is 4. The monoisotopic (exact) mass is 1000 g/mol. The smallest absolute Gasteiger partial charge is 0.550 e. The number of aromatic nitrogens is 4. The number of carboxylic acid groups (broad SMARTS) is 4. The molecule has 0 radical (unpaired) electrons. The standard InChI is InChI=1S/2C20H25N7O6.Sr/c2*1-27-12(9-23-16-15(27)18(31)26-20(21)25-16)8-22-11-4-2-10(3-5-11)17(30)24-13(19(32)33)6-7-14(28)29;/h2*2-5,12-13,22H,6-9H2,1H3,(H,24,30)(H,28,29)(H,32,33)(H4,21,23,25,26,31);/q;;+2/p-2/t2*12-,13?;/m00./s1. The minimum atomic E-state index is -1.39. The Kier molecular flexibility index (Phi) is 18.7. The molecular weight excluding hydrogens is 956 g/mol. The summed E-state index contributed by atoms with van der Waals surface area (Å²) in [6, 6.07) is 9.88. The van der Waals surface area contributed by atoms with E-state index in [0.29, 0.717) is 60.6 Å². The molecule has 2 amide bonds. The van der Waals surface area contributed by atoms with Crippen LogP contribution in [-0.2, 0) is 19.2 Å². The van der Waals surface area contributed by atoms with Gasteiger partial charge in [0.05, 0.1) is 12.1 Å². The third-order valence-corrected chi connectivity index (χ3v) is 10.5. The zero-order chi connectivity index (χ0) is 48.2. The maximum absolute atomic E-state index is 12.3. The van der Waals surface area contributed by atoms with Crippen LogP contribution in [0.2, 0.25) is 0 Å². The number of H-pyrrole nitrogens is 2. The van der Waals surface area contributed by atoms with Crippen LogP contribution in [0.1, 0.15) is 46.4 Å². The summed E-state index contributed by atoms with van der Waals surface area (Å²) < 4.78 is 0. The molecule has 2 aliphatic heterocycles. The van der Waals surface area contributed by atoms with Crippen molar-refractivity contribution in [1.29, 1.82) is 0 Å². The van der Waals surface area contributed by atoms with Crippen molar-refractivity contribution < 1.29 is 49.2 Å². The Hall–Kier alpha value is -7.10. The molecule has 26 nitrogen and oxygen atoms in total. The van der Waals surface area contributed by atoms with Crippen molar-refractivity contribution in [2.45, 2.75) is 49.9 Å². The number of benzene rings is 2. The minimum Gasteiger partial charge on any atom is -0.550 e. The maximum Gasteiger partial charge on any atom is 2.00 e. The fraction of sp³-hybridized carbons (Fsp3) is 0.350. The van der Waals surface area contributed by atoms with Crippen molar-refractivity contribution in [2.75, 3.05) is 82.8 Å². The molecule has 4 aromatic rings. The van der Waals surface area contributed by atoms with Gasteiger partial charge in [-0.2, -0.15) is 9.97 Å². The molecule has 0 saturated heterocycles. The second-order valence-corrected chi connectivity index (χ2v) is 15.1. The number of nitrogen functional groups attached to an aromatic ring is 2. The SMILES string of the molecule is CN1c2c(nc(N)[nH]c2=O)NC[C@@H]1CNc1ccc(C(=O)NC(CCC(=O)[O-])C(=O)O)cc1.CN1c2c(nc(N)[nH]c2=O)NC[C@@H]1CNc1ccc(C(=O)NC(CCC(=O)[O-])C(=O)O)cc1.[Sr+2]. The van der Waals surface area contributed by atoms with Crippen LogP contribution < -0.4 is 74.5 Å².